The molecule has 6 fully saturated rings. The van der Waals surface area contributed by atoms with E-state index in [2.05, 4.69) is 27.7 Å². The second kappa shape index (κ2) is 2.97. The Morgan fingerprint density at radius 1 is 0.545 bits per heavy atom. The molecule has 0 spiro atoms. The second-order valence-electron chi connectivity index (χ2n) is 9.30. The van der Waals surface area contributed by atoms with Crippen molar-refractivity contribution < 1.29 is 18.9 Å². The highest BCUT2D eigenvalue weighted by Gasteiger charge is 2.83. The van der Waals surface area contributed by atoms with Crippen LogP contribution < -0.4 is 0 Å². The molecule has 8 rings (SSSR count). The SMILES string of the molecule is CC1(C)O[C@@H]2C3C4=C5C(C3C3C4[C@H]4OC(C)(C)O[C@H]4C53)[C@@H]2O1. The van der Waals surface area contributed by atoms with Gasteiger partial charge in [-0.3, -0.25) is 0 Å². The zero-order chi connectivity index (χ0) is 14.8. The molecule has 0 aromatic heterocycles. The lowest BCUT2D eigenvalue weighted by Crippen LogP contribution is -2.40. The summed E-state index contributed by atoms with van der Waals surface area (Å²) in [6.45, 7) is 8.24. The smallest absolute Gasteiger partial charge is 0.163 e. The van der Waals surface area contributed by atoms with Crippen LogP contribution in [0.4, 0.5) is 0 Å². The number of hydrogen-bond acceptors (Lipinski definition) is 4. The molecular formula is C18H22O4. The van der Waals surface area contributed by atoms with E-state index >= 15 is 0 Å². The van der Waals surface area contributed by atoms with Crippen molar-refractivity contribution >= 4 is 0 Å². The average molecular weight is 302 g/mol. The first-order valence-corrected chi connectivity index (χ1v) is 8.83. The fourth-order valence-electron chi connectivity index (χ4n) is 7.78. The fourth-order valence-corrected chi connectivity index (χ4v) is 7.78. The van der Waals surface area contributed by atoms with Gasteiger partial charge in [-0.15, -0.1) is 0 Å². The minimum absolute atomic E-state index is 0.295. The molecule has 0 amide bonds. The minimum Gasteiger partial charge on any atom is -0.344 e. The molecule has 8 aliphatic rings. The van der Waals surface area contributed by atoms with Gasteiger partial charge in [-0.05, 0) is 39.5 Å². The minimum atomic E-state index is -0.411. The van der Waals surface area contributed by atoms with E-state index in [1.54, 1.807) is 11.1 Å². The van der Waals surface area contributed by atoms with Gasteiger partial charge in [-0.25, -0.2) is 0 Å². The van der Waals surface area contributed by atoms with Gasteiger partial charge in [0.15, 0.2) is 11.6 Å². The molecule has 2 aliphatic heterocycles. The van der Waals surface area contributed by atoms with Gasteiger partial charge in [-0.2, -0.15) is 0 Å². The van der Waals surface area contributed by atoms with Crippen molar-refractivity contribution in [3.8, 4) is 0 Å². The van der Waals surface area contributed by atoms with E-state index in [0.29, 0.717) is 48.1 Å². The third kappa shape index (κ3) is 0.968. The maximum Gasteiger partial charge on any atom is 0.163 e. The third-order valence-corrected chi connectivity index (χ3v) is 7.62. The predicted octanol–water partition coefficient (Wildman–Crippen LogP) is 2.09. The molecule has 2 heterocycles. The van der Waals surface area contributed by atoms with Gasteiger partial charge in [0, 0.05) is 23.7 Å². The van der Waals surface area contributed by atoms with Gasteiger partial charge in [0.05, 0.1) is 24.4 Å². The van der Waals surface area contributed by atoms with E-state index in [1.165, 1.54) is 0 Å². The Balaban J connectivity index is 1.35. The Kier molecular flexibility index (Phi) is 1.62. The summed E-state index contributed by atoms with van der Waals surface area (Å²) in [5, 5.41) is 0. The number of fused-ring (bicyclic) bond motifs is 2. The van der Waals surface area contributed by atoms with Crippen molar-refractivity contribution in [2.45, 2.75) is 63.7 Å². The Bertz CT molecular complexity index is 560. The summed E-state index contributed by atoms with van der Waals surface area (Å²) in [6, 6.07) is 0. The van der Waals surface area contributed by atoms with Gasteiger partial charge in [0.2, 0.25) is 0 Å². The van der Waals surface area contributed by atoms with Crippen LogP contribution in [0.25, 0.3) is 0 Å². The largest absolute Gasteiger partial charge is 0.344 e. The van der Waals surface area contributed by atoms with Crippen LogP contribution in [0.5, 0.6) is 0 Å². The molecule has 4 nitrogen and oxygen atoms in total. The molecule has 6 unspecified atom stereocenters. The van der Waals surface area contributed by atoms with Crippen molar-refractivity contribution in [2.24, 2.45) is 35.5 Å². The van der Waals surface area contributed by atoms with Gasteiger partial charge < -0.3 is 18.9 Å². The zero-order valence-corrected chi connectivity index (χ0v) is 13.4. The van der Waals surface area contributed by atoms with Crippen LogP contribution in [0.1, 0.15) is 27.7 Å². The van der Waals surface area contributed by atoms with E-state index in [-0.39, 0.29) is 0 Å². The molecule has 8 bridgehead atoms. The molecule has 0 radical (unpaired) electrons. The van der Waals surface area contributed by atoms with Crippen molar-refractivity contribution in [1.29, 1.82) is 0 Å². The first kappa shape index (κ1) is 12.0. The summed E-state index contributed by atoms with van der Waals surface area (Å²) in [4.78, 5) is 0. The Morgan fingerprint density at radius 3 is 1.09 bits per heavy atom. The Hall–Kier alpha value is -0.420. The normalized spacial score (nSPS) is 66.0. The maximum atomic E-state index is 6.29. The number of hydrogen-bond donors (Lipinski definition) is 0. The zero-order valence-electron chi connectivity index (χ0n) is 13.4. The summed E-state index contributed by atoms with van der Waals surface area (Å²) in [5.41, 5.74) is 3.44. The van der Waals surface area contributed by atoms with E-state index in [1.807, 2.05) is 0 Å². The van der Waals surface area contributed by atoms with Crippen LogP contribution in [0.2, 0.25) is 0 Å². The standard InChI is InChI=1S/C18H22O4/c1-17(2)19-13-9-5-6-11-7(9)8(10(5)14(13)20-17)12(6)16-15(11)21-18(3,4)22-16/h5-6,9-16H,1-4H3/t5?,6?,9?,10?,11?,12?,13-,14+,15-,16+. The maximum absolute atomic E-state index is 6.29. The quantitative estimate of drug-likeness (QED) is 0.642. The topological polar surface area (TPSA) is 36.9 Å². The van der Waals surface area contributed by atoms with Crippen molar-refractivity contribution in [2.75, 3.05) is 0 Å². The summed E-state index contributed by atoms with van der Waals surface area (Å²) in [5.74, 6) is 3.16. The van der Waals surface area contributed by atoms with Crippen molar-refractivity contribution in [3.63, 3.8) is 0 Å². The number of rotatable bonds is 0. The van der Waals surface area contributed by atoms with E-state index in [0.717, 1.165) is 11.8 Å². The summed E-state index contributed by atoms with van der Waals surface area (Å²) < 4.78 is 25.2. The first-order chi connectivity index (χ1) is 10.4. The molecular weight excluding hydrogens is 280 g/mol. The van der Waals surface area contributed by atoms with Crippen LogP contribution in [0, 0.1) is 35.5 Å². The van der Waals surface area contributed by atoms with Gasteiger partial charge in [-0.1, -0.05) is 11.1 Å². The summed E-state index contributed by atoms with van der Waals surface area (Å²) in [6.07, 6.45) is 1.18. The van der Waals surface area contributed by atoms with E-state index < -0.39 is 11.6 Å². The third-order valence-electron chi connectivity index (χ3n) is 7.62. The number of ether oxygens (including phenoxy) is 4. The van der Waals surface area contributed by atoms with Crippen molar-refractivity contribution in [1.82, 2.24) is 0 Å². The van der Waals surface area contributed by atoms with Crippen LogP contribution in [0.3, 0.4) is 0 Å². The lowest BCUT2D eigenvalue weighted by molar-refractivity contribution is -0.163. The fraction of sp³-hybridized carbons (Fsp3) is 0.889. The molecule has 22 heavy (non-hydrogen) atoms. The first-order valence-electron chi connectivity index (χ1n) is 8.83. The van der Waals surface area contributed by atoms with Crippen LogP contribution >= 0.6 is 0 Å². The second-order valence-corrected chi connectivity index (χ2v) is 9.30. The molecule has 0 N–H and O–H groups in total. The molecule has 118 valence electrons. The van der Waals surface area contributed by atoms with Gasteiger partial charge >= 0.3 is 0 Å². The van der Waals surface area contributed by atoms with Crippen LogP contribution in [-0.2, 0) is 18.9 Å². The van der Waals surface area contributed by atoms with Gasteiger partial charge in [0.1, 0.15) is 0 Å². The van der Waals surface area contributed by atoms with Crippen LogP contribution in [-0.4, -0.2) is 36.0 Å². The van der Waals surface area contributed by atoms with Crippen molar-refractivity contribution in [3.05, 3.63) is 11.1 Å². The highest BCUT2D eigenvalue weighted by molar-refractivity contribution is 5.55. The lowest BCUT2D eigenvalue weighted by Gasteiger charge is -2.33. The Morgan fingerprint density at radius 2 is 0.818 bits per heavy atom. The molecule has 2 saturated heterocycles. The van der Waals surface area contributed by atoms with Crippen LogP contribution in [0.15, 0.2) is 11.1 Å². The molecule has 4 saturated carbocycles. The predicted molar refractivity (Wildman–Crippen MR) is 75.6 cm³/mol. The summed E-state index contributed by atoms with van der Waals surface area (Å²) >= 11 is 0. The average Bonchev–Trinajstić information content (AvgIpc) is 3.12. The molecule has 6 aliphatic carbocycles. The molecule has 4 heteroatoms. The highest BCUT2D eigenvalue weighted by Crippen LogP contribution is 2.82. The lowest BCUT2D eigenvalue weighted by atomic mass is 9.78. The summed E-state index contributed by atoms with van der Waals surface area (Å²) in [7, 11) is 0. The highest BCUT2D eigenvalue weighted by atomic mass is 16.8. The van der Waals surface area contributed by atoms with E-state index in [4.69, 9.17) is 18.9 Å². The molecule has 10 atom stereocenters. The monoisotopic (exact) mass is 302 g/mol. The van der Waals surface area contributed by atoms with Gasteiger partial charge in [0.25, 0.3) is 0 Å². The molecule has 0 aromatic carbocycles. The Labute approximate surface area is 130 Å². The van der Waals surface area contributed by atoms with E-state index in [9.17, 15) is 0 Å². The molecule has 0 aromatic rings.